The first-order valence-corrected chi connectivity index (χ1v) is 10.3. The zero-order chi connectivity index (χ0) is 19.2. The van der Waals surface area contributed by atoms with Crippen LogP contribution in [-0.4, -0.2) is 26.9 Å². The van der Waals surface area contributed by atoms with Crippen LogP contribution in [0.3, 0.4) is 0 Å². The molecule has 1 amide bonds. The second kappa shape index (κ2) is 8.96. The van der Waals surface area contributed by atoms with Crippen molar-refractivity contribution in [2.24, 2.45) is 0 Å². The summed E-state index contributed by atoms with van der Waals surface area (Å²) in [6.07, 6.45) is 1.68. The molecule has 0 spiro atoms. The maximum atomic E-state index is 12.6. The standard InChI is InChI=1S/C20H26N2O3S/c1-4-21-26(24,25)18-13-10-15(2)19(14-18)20(23)22-16(3)11-12-17-8-6-5-7-9-17/h5-10,13-14,16,21H,4,11-12H2,1-3H3,(H,22,23). The monoisotopic (exact) mass is 374 g/mol. The number of hydrogen-bond donors (Lipinski definition) is 2. The molecule has 2 aromatic carbocycles. The minimum atomic E-state index is -3.59. The molecule has 0 aliphatic heterocycles. The molecule has 0 fully saturated rings. The summed E-state index contributed by atoms with van der Waals surface area (Å²) >= 11 is 0. The van der Waals surface area contributed by atoms with Crippen LogP contribution < -0.4 is 10.0 Å². The zero-order valence-electron chi connectivity index (χ0n) is 15.5. The van der Waals surface area contributed by atoms with E-state index in [1.165, 1.54) is 17.7 Å². The molecule has 2 aromatic rings. The van der Waals surface area contributed by atoms with E-state index in [9.17, 15) is 13.2 Å². The van der Waals surface area contributed by atoms with Crippen molar-refractivity contribution in [1.82, 2.24) is 10.0 Å². The van der Waals surface area contributed by atoms with Gasteiger partial charge in [0, 0.05) is 18.2 Å². The Kier molecular flexibility index (Phi) is 6.94. The molecule has 0 radical (unpaired) electrons. The number of carbonyl (C=O) groups is 1. The molecule has 0 aliphatic carbocycles. The topological polar surface area (TPSA) is 75.3 Å². The van der Waals surface area contributed by atoms with Gasteiger partial charge in [-0.1, -0.05) is 43.3 Å². The maximum absolute atomic E-state index is 12.6. The van der Waals surface area contributed by atoms with Gasteiger partial charge in [-0.2, -0.15) is 0 Å². The van der Waals surface area contributed by atoms with Gasteiger partial charge in [-0.05, 0) is 49.9 Å². The molecule has 26 heavy (non-hydrogen) atoms. The van der Waals surface area contributed by atoms with E-state index in [-0.39, 0.29) is 16.8 Å². The van der Waals surface area contributed by atoms with Crippen molar-refractivity contribution in [3.8, 4) is 0 Å². The fraction of sp³-hybridized carbons (Fsp3) is 0.350. The first kappa shape index (κ1) is 20.1. The van der Waals surface area contributed by atoms with Crippen LogP contribution in [0.4, 0.5) is 0 Å². The average Bonchev–Trinajstić information content (AvgIpc) is 2.61. The van der Waals surface area contributed by atoms with Gasteiger partial charge in [0.25, 0.3) is 5.91 Å². The lowest BCUT2D eigenvalue weighted by atomic mass is 10.0. The first-order valence-electron chi connectivity index (χ1n) is 8.78. The molecule has 0 bridgehead atoms. The van der Waals surface area contributed by atoms with Crippen molar-refractivity contribution in [3.05, 3.63) is 65.2 Å². The lowest BCUT2D eigenvalue weighted by Crippen LogP contribution is -2.33. The molecule has 140 valence electrons. The minimum absolute atomic E-state index is 0.0175. The molecule has 1 unspecified atom stereocenters. The number of carbonyl (C=O) groups excluding carboxylic acids is 1. The van der Waals surface area contributed by atoms with Gasteiger partial charge in [0.15, 0.2) is 0 Å². The summed E-state index contributed by atoms with van der Waals surface area (Å²) in [6, 6.07) is 14.7. The summed E-state index contributed by atoms with van der Waals surface area (Å²) in [7, 11) is -3.59. The first-order chi connectivity index (χ1) is 12.3. The van der Waals surface area contributed by atoms with Crippen molar-refractivity contribution in [2.75, 3.05) is 6.54 Å². The van der Waals surface area contributed by atoms with E-state index in [1.807, 2.05) is 25.1 Å². The number of rotatable bonds is 8. The second-order valence-corrected chi connectivity index (χ2v) is 8.14. The summed E-state index contributed by atoms with van der Waals surface area (Å²) in [5, 5.41) is 2.96. The largest absolute Gasteiger partial charge is 0.350 e. The molecular weight excluding hydrogens is 348 g/mol. The molecule has 0 saturated carbocycles. The number of benzene rings is 2. The van der Waals surface area contributed by atoms with Gasteiger partial charge in [-0.25, -0.2) is 13.1 Å². The van der Waals surface area contributed by atoms with Crippen LogP contribution in [0.5, 0.6) is 0 Å². The molecular formula is C20H26N2O3S. The van der Waals surface area contributed by atoms with E-state index < -0.39 is 10.0 Å². The van der Waals surface area contributed by atoms with E-state index in [0.29, 0.717) is 12.1 Å². The highest BCUT2D eigenvalue weighted by Gasteiger charge is 2.18. The molecule has 1 atom stereocenters. The van der Waals surface area contributed by atoms with Gasteiger partial charge in [-0.15, -0.1) is 0 Å². The van der Waals surface area contributed by atoms with Gasteiger partial charge >= 0.3 is 0 Å². The molecule has 0 heterocycles. The Hall–Kier alpha value is -2.18. The van der Waals surface area contributed by atoms with Gasteiger partial charge in [0.2, 0.25) is 10.0 Å². The van der Waals surface area contributed by atoms with Crippen molar-refractivity contribution in [3.63, 3.8) is 0 Å². The van der Waals surface area contributed by atoms with Crippen LogP contribution in [0.15, 0.2) is 53.4 Å². The van der Waals surface area contributed by atoms with E-state index in [4.69, 9.17) is 0 Å². The summed E-state index contributed by atoms with van der Waals surface area (Å²) in [5.41, 5.74) is 2.35. The quantitative estimate of drug-likeness (QED) is 0.746. The average molecular weight is 375 g/mol. The third kappa shape index (κ3) is 5.41. The summed E-state index contributed by atoms with van der Waals surface area (Å²) < 4.78 is 26.8. The van der Waals surface area contributed by atoms with Crippen LogP contribution in [0.25, 0.3) is 0 Å². The van der Waals surface area contributed by atoms with Crippen molar-refractivity contribution in [2.45, 2.75) is 44.6 Å². The van der Waals surface area contributed by atoms with Crippen molar-refractivity contribution >= 4 is 15.9 Å². The minimum Gasteiger partial charge on any atom is -0.350 e. The molecule has 2 rings (SSSR count). The Labute approximate surface area is 155 Å². The van der Waals surface area contributed by atoms with Gasteiger partial charge in [-0.3, -0.25) is 4.79 Å². The summed E-state index contributed by atoms with van der Waals surface area (Å²) in [5.74, 6) is -0.253. The van der Waals surface area contributed by atoms with Crippen molar-refractivity contribution in [1.29, 1.82) is 0 Å². The predicted octanol–water partition coefficient (Wildman–Crippen LogP) is 3.04. The highest BCUT2D eigenvalue weighted by molar-refractivity contribution is 7.89. The van der Waals surface area contributed by atoms with Crippen LogP contribution in [0, 0.1) is 6.92 Å². The molecule has 5 nitrogen and oxygen atoms in total. The highest BCUT2D eigenvalue weighted by atomic mass is 32.2. The zero-order valence-corrected chi connectivity index (χ0v) is 16.3. The molecule has 0 aromatic heterocycles. The third-order valence-corrected chi connectivity index (χ3v) is 5.73. The molecule has 2 N–H and O–H groups in total. The molecule has 0 saturated heterocycles. The Bertz CT molecular complexity index is 849. The third-order valence-electron chi connectivity index (χ3n) is 4.18. The van der Waals surface area contributed by atoms with Crippen LogP contribution in [-0.2, 0) is 16.4 Å². The second-order valence-electron chi connectivity index (χ2n) is 6.38. The Balaban J connectivity index is 2.06. The number of amides is 1. The smallest absolute Gasteiger partial charge is 0.251 e. The van der Waals surface area contributed by atoms with Crippen LogP contribution in [0.2, 0.25) is 0 Å². The Morgan fingerprint density at radius 2 is 1.81 bits per heavy atom. The lowest BCUT2D eigenvalue weighted by Gasteiger charge is -2.16. The van der Waals surface area contributed by atoms with Crippen LogP contribution in [0.1, 0.15) is 41.8 Å². The van der Waals surface area contributed by atoms with Gasteiger partial charge < -0.3 is 5.32 Å². The number of sulfonamides is 1. The number of aryl methyl sites for hydroxylation is 2. The van der Waals surface area contributed by atoms with E-state index in [0.717, 1.165) is 18.4 Å². The lowest BCUT2D eigenvalue weighted by molar-refractivity contribution is 0.0937. The molecule has 6 heteroatoms. The summed E-state index contributed by atoms with van der Waals surface area (Å²) in [6.45, 7) is 5.77. The van der Waals surface area contributed by atoms with Gasteiger partial charge in [0.1, 0.15) is 0 Å². The van der Waals surface area contributed by atoms with E-state index in [1.54, 1.807) is 19.9 Å². The van der Waals surface area contributed by atoms with Crippen LogP contribution >= 0.6 is 0 Å². The summed E-state index contributed by atoms with van der Waals surface area (Å²) in [4.78, 5) is 12.7. The van der Waals surface area contributed by atoms with E-state index >= 15 is 0 Å². The fourth-order valence-electron chi connectivity index (χ4n) is 2.69. The van der Waals surface area contributed by atoms with E-state index in [2.05, 4.69) is 22.2 Å². The number of hydrogen-bond acceptors (Lipinski definition) is 3. The Morgan fingerprint density at radius 1 is 1.12 bits per heavy atom. The fourth-order valence-corrected chi connectivity index (χ4v) is 3.75. The SMILES string of the molecule is CCNS(=O)(=O)c1ccc(C)c(C(=O)NC(C)CCc2ccccc2)c1. The van der Waals surface area contributed by atoms with Crippen molar-refractivity contribution < 1.29 is 13.2 Å². The Morgan fingerprint density at radius 3 is 2.46 bits per heavy atom. The normalized spacial score (nSPS) is 12.6. The number of nitrogens with one attached hydrogen (secondary N) is 2. The van der Waals surface area contributed by atoms with Gasteiger partial charge in [0.05, 0.1) is 4.90 Å². The predicted molar refractivity (Wildman–Crippen MR) is 104 cm³/mol. The highest BCUT2D eigenvalue weighted by Crippen LogP contribution is 2.16. The molecule has 0 aliphatic rings. The maximum Gasteiger partial charge on any atom is 0.251 e.